The Hall–Kier alpha value is -0.170. The molecule has 6 heteroatoms. The first kappa shape index (κ1) is 14.8. The number of hydrogen-bond donors (Lipinski definition) is 3. The van der Waals surface area contributed by atoms with Crippen LogP contribution < -0.4 is 15.2 Å². The molecule has 0 saturated heterocycles. The summed E-state index contributed by atoms with van der Waals surface area (Å²) in [4.78, 5) is 0. The predicted octanol–water partition coefficient (Wildman–Crippen LogP) is 0.336. The number of rotatable bonds is 5. The third-order valence-corrected chi connectivity index (χ3v) is 3.69. The molecule has 0 rings (SSSR count). The van der Waals surface area contributed by atoms with Gasteiger partial charge in [0.05, 0.1) is 0 Å². The average Bonchev–Trinajstić information content (AvgIpc) is 1.98. The Bertz CT molecular complexity index is 289. The Morgan fingerprint density at radius 2 is 1.60 bits per heavy atom. The van der Waals surface area contributed by atoms with Gasteiger partial charge in [0.25, 0.3) is 10.2 Å². The zero-order valence-electron chi connectivity index (χ0n) is 10.2. The second-order valence-electron chi connectivity index (χ2n) is 5.08. The second kappa shape index (κ2) is 4.78. The topological polar surface area (TPSA) is 84.2 Å². The van der Waals surface area contributed by atoms with Crippen LogP contribution in [0.15, 0.2) is 0 Å². The Balaban J connectivity index is 4.65. The average molecular weight is 237 g/mol. The van der Waals surface area contributed by atoms with E-state index in [-0.39, 0.29) is 6.54 Å². The molecule has 1 atom stereocenters. The molecule has 0 radical (unpaired) electrons. The van der Waals surface area contributed by atoms with Gasteiger partial charge < -0.3 is 5.73 Å². The van der Waals surface area contributed by atoms with Gasteiger partial charge in [-0.3, -0.25) is 0 Å². The van der Waals surface area contributed by atoms with E-state index in [0.29, 0.717) is 6.42 Å². The molecule has 4 N–H and O–H groups in total. The van der Waals surface area contributed by atoms with Crippen molar-refractivity contribution >= 4 is 10.2 Å². The fourth-order valence-electron chi connectivity index (χ4n) is 1.01. The van der Waals surface area contributed by atoms with Gasteiger partial charge in [-0.2, -0.15) is 17.9 Å². The van der Waals surface area contributed by atoms with Gasteiger partial charge >= 0.3 is 0 Å². The van der Waals surface area contributed by atoms with Crippen LogP contribution in [0.2, 0.25) is 0 Å². The summed E-state index contributed by atoms with van der Waals surface area (Å²) in [6.07, 6.45) is 0.647. The summed E-state index contributed by atoms with van der Waals surface area (Å²) < 4.78 is 28.5. The second-order valence-corrected chi connectivity index (χ2v) is 6.49. The van der Waals surface area contributed by atoms with Gasteiger partial charge in [0.1, 0.15) is 0 Å². The van der Waals surface area contributed by atoms with E-state index in [2.05, 4.69) is 9.44 Å². The quantitative estimate of drug-likeness (QED) is 0.644. The van der Waals surface area contributed by atoms with E-state index in [0.717, 1.165) is 0 Å². The standard InChI is InChI=1S/C9H23N3O2S/c1-6-9(5,7-10)12-15(13,14)11-8(2,3)4/h11-12H,6-7,10H2,1-5H3. The van der Waals surface area contributed by atoms with E-state index < -0.39 is 21.3 Å². The van der Waals surface area contributed by atoms with Crippen LogP contribution in [0.4, 0.5) is 0 Å². The van der Waals surface area contributed by atoms with Crippen LogP contribution in [0, 0.1) is 0 Å². The Morgan fingerprint density at radius 3 is 1.87 bits per heavy atom. The first-order valence-electron chi connectivity index (χ1n) is 5.06. The molecule has 0 aromatic carbocycles. The van der Waals surface area contributed by atoms with E-state index in [4.69, 9.17) is 5.73 Å². The summed E-state index contributed by atoms with van der Waals surface area (Å²) >= 11 is 0. The van der Waals surface area contributed by atoms with Crippen molar-refractivity contribution in [2.75, 3.05) is 6.54 Å². The summed E-state index contributed by atoms with van der Waals surface area (Å²) in [7, 11) is -3.50. The highest BCUT2D eigenvalue weighted by Gasteiger charge is 2.28. The lowest BCUT2D eigenvalue weighted by atomic mass is 10.0. The van der Waals surface area contributed by atoms with Crippen LogP contribution in [0.1, 0.15) is 41.0 Å². The van der Waals surface area contributed by atoms with Crippen molar-refractivity contribution in [3.63, 3.8) is 0 Å². The molecule has 0 aromatic rings. The van der Waals surface area contributed by atoms with Gasteiger partial charge in [-0.15, -0.1) is 0 Å². The maximum atomic E-state index is 11.7. The SMILES string of the molecule is CCC(C)(CN)NS(=O)(=O)NC(C)(C)C. The smallest absolute Gasteiger partial charge is 0.277 e. The van der Waals surface area contributed by atoms with Crippen molar-refractivity contribution in [2.45, 2.75) is 52.1 Å². The van der Waals surface area contributed by atoms with Crippen LogP contribution in [0.3, 0.4) is 0 Å². The highest BCUT2D eigenvalue weighted by atomic mass is 32.2. The largest absolute Gasteiger partial charge is 0.329 e. The van der Waals surface area contributed by atoms with E-state index in [1.807, 2.05) is 6.92 Å². The highest BCUT2D eigenvalue weighted by molar-refractivity contribution is 7.87. The molecular formula is C9H23N3O2S. The van der Waals surface area contributed by atoms with Crippen LogP contribution in [0.25, 0.3) is 0 Å². The normalized spacial score (nSPS) is 17.5. The Morgan fingerprint density at radius 1 is 1.13 bits per heavy atom. The van der Waals surface area contributed by atoms with Crippen molar-refractivity contribution in [3.8, 4) is 0 Å². The maximum Gasteiger partial charge on any atom is 0.277 e. The van der Waals surface area contributed by atoms with Gasteiger partial charge in [0.15, 0.2) is 0 Å². The van der Waals surface area contributed by atoms with Crippen molar-refractivity contribution in [1.29, 1.82) is 0 Å². The summed E-state index contributed by atoms with van der Waals surface area (Å²) in [5.41, 5.74) is 4.46. The highest BCUT2D eigenvalue weighted by Crippen LogP contribution is 2.09. The summed E-state index contributed by atoms with van der Waals surface area (Å²) in [5.74, 6) is 0. The third-order valence-electron chi connectivity index (χ3n) is 2.05. The lowest BCUT2D eigenvalue weighted by Gasteiger charge is -2.30. The van der Waals surface area contributed by atoms with E-state index >= 15 is 0 Å². The molecule has 0 bridgehead atoms. The molecular weight excluding hydrogens is 214 g/mol. The van der Waals surface area contributed by atoms with E-state index in [1.54, 1.807) is 27.7 Å². The van der Waals surface area contributed by atoms with Crippen LogP contribution in [-0.2, 0) is 10.2 Å². The fraction of sp³-hybridized carbons (Fsp3) is 1.00. The predicted molar refractivity (Wildman–Crippen MR) is 62.7 cm³/mol. The van der Waals surface area contributed by atoms with E-state index in [1.165, 1.54) is 0 Å². The fourth-order valence-corrected chi connectivity index (χ4v) is 2.74. The molecule has 0 spiro atoms. The van der Waals surface area contributed by atoms with Crippen LogP contribution in [0.5, 0.6) is 0 Å². The van der Waals surface area contributed by atoms with Crippen molar-refractivity contribution in [1.82, 2.24) is 9.44 Å². The molecule has 0 aliphatic rings. The van der Waals surface area contributed by atoms with Gasteiger partial charge in [0.2, 0.25) is 0 Å². The van der Waals surface area contributed by atoms with Gasteiger partial charge in [-0.25, -0.2) is 0 Å². The molecule has 0 amide bonds. The molecule has 0 fully saturated rings. The lowest BCUT2D eigenvalue weighted by molar-refractivity contribution is 0.398. The van der Waals surface area contributed by atoms with Crippen LogP contribution >= 0.6 is 0 Å². The first-order chi connectivity index (χ1) is 6.54. The minimum Gasteiger partial charge on any atom is -0.329 e. The van der Waals surface area contributed by atoms with Crippen LogP contribution in [-0.4, -0.2) is 26.0 Å². The zero-order chi connectivity index (χ0) is 12.3. The summed E-state index contributed by atoms with van der Waals surface area (Å²) in [5, 5.41) is 0. The summed E-state index contributed by atoms with van der Waals surface area (Å²) in [6, 6.07) is 0. The minimum absolute atomic E-state index is 0.272. The zero-order valence-corrected chi connectivity index (χ0v) is 11.0. The van der Waals surface area contributed by atoms with Gasteiger partial charge in [-0.05, 0) is 34.1 Å². The lowest BCUT2D eigenvalue weighted by Crippen LogP contribution is -2.57. The van der Waals surface area contributed by atoms with Crippen molar-refractivity contribution in [2.24, 2.45) is 5.73 Å². The molecule has 0 heterocycles. The molecule has 0 saturated carbocycles. The monoisotopic (exact) mass is 237 g/mol. The third kappa shape index (κ3) is 6.09. The molecule has 92 valence electrons. The molecule has 0 aromatic heterocycles. The van der Waals surface area contributed by atoms with Gasteiger partial charge in [0, 0.05) is 17.6 Å². The molecule has 0 aliphatic carbocycles. The maximum absolute atomic E-state index is 11.7. The minimum atomic E-state index is -3.50. The number of nitrogens with one attached hydrogen (secondary N) is 2. The Kier molecular flexibility index (Phi) is 4.72. The molecule has 0 aliphatic heterocycles. The summed E-state index contributed by atoms with van der Waals surface area (Å²) in [6.45, 7) is 9.32. The number of nitrogens with two attached hydrogens (primary N) is 1. The Labute approximate surface area is 93.0 Å². The molecule has 15 heavy (non-hydrogen) atoms. The van der Waals surface area contributed by atoms with E-state index in [9.17, 15) is 8.42 Å². The van der Waals surface area contributed by atoms with Crippen molar-refractivity contribution < 1.29 is 8.42 Å². The molecule has 1 unspecified atom stereocenters. The first-order valence-corrected chi connectivity index (χ1v) is 6.55. The molecule has 5 nitrogen and oxygen atoms in total. The van der Waals surface area contributed by atoms with Crippen molar-refractivity contribution in [3.05, 3.63) is 0 Å². The van der Waals surface area contributed by atoms with Gasteiger partial charge in [-0.1, -0.05) is 6.92 Å². The number of hydrogen-bond acceptors (Lipinski definition) is 3.